The molecule has 2 aromatic carbocycles. The summed E-state index contributed by atoms with van der Waals surface area (Å²) in [6.45, 7) is 4.21. The van der Waals surface area contributed by atoms with Crippen LogP contribution in [0.5, 0.6) is 5.75 Å². The lowest BCUT2D eigenvalue weighted by Crippen LogP contribution is -2.54. The molecular formula is C19H16N2O3. The first-order valence-electron chi connectivity index (χ1n) is 8.08. The van der Waals surface area contributed by atoms with Gasteiger partial charge >= 0.3 is 6.03 Å². The third-order valence-corrected chi connectivity index (χ3v) is 5.35. The molecule has 2 atom stereocenters. The molecule has 120 valence electrons. The molecule has 2 N–H and O–H groups in total. The Balaban J connectivity index is 1.82. The predicted octanol–water partition coefficient (Wildman–Crippen LogP) is 2.76. The number of urea groups is 1. The van der Waals surface area contributed by atoms with E-state index in [-0.39, 0.29) is 5.78 Å². The maximum Gasteiger partial charge on any atom is 0.319 e. The van der Waals surface area contributed by atoms with Crippen molar-refractivity contribution in [1.82, 2.24) is 10.6 Å². The summed E-state index contributed by atoms with van der Waals surface area (Å²) in [5.74, 6) is 0.865. The highest BCUT2D eigenvalue weighted by molar-refractivity contribution is 6.14. The molecule has 5 nitrogen and oxygen atoms in total. The van der Waals surface area contributed by atoms with Crippen molar-refractivity contribution in [2.24, 2.45) is 0 Å². The minimum absolute atomic E-state index is 0.132. The lowest BCUT2D eigenvalue weighted by atomic mass is 9.82. The lowest BCUT2D eigenvalue weighted by molar-refractivity contribution is 0.0240. The smallest absolute Gasteiger partial charge is 0.319 e. The summed E-state index contributed by atoms with van der Waals surface area (Å²) in [4.78, 5) is 25.4. The monoisotopic (exact) mass is 320 g/mol. The number of hydrogen-bond donors (Lipinski definition) is 2. The molecule has 24 heavy (non-hydrogen) atoms. The third-order valence-electron chi connectivity index (χ3n) is 5.35. The second kappa shape index (κ2) is 3.98. The van der Waals surface area contributed by atoms with E-state index in [0.717, 1.165) is 5.56 Å². The molecule has 0 bridgehead atoms. The number of rotatable bonds is 1. The quantitative estimate of drug-likeness (QED) is 0.849. The molecule has 5 rings (SSSR count). The molecule has 0 spiro atoms. The molecule has 0 aromatic heterocycles. The molecule has 2 aromatic rings. The fourth-order valence-electron chi connectivity index (χ4n) is 4.21. The van der Waals surface area contributed by atoms with Gasteiger partial charge in [0.25, 0.3) is 0 Å². The van der Waals surface area contributed by atoms with Crippen LogP contribution in [0.2, 0.25) is 0 Å². The first kappa shape index (κ1) is 13.6. The highest BCUT2D eigenvalue weighted by Crippen LogP contribution is 2.60. The van der Waals surface area contributed by atoms with E-state index < -0.39 is 17.3 Å². The van der Waals surface area contributed by atoms with Crippen LogP contribution in [-0.2, 0) is 11.3 Å². The number of carbonyl (C=O) groups is 2. The molecule has 2 heterocycles. The normalized spacial score (nSPS) is 28.6. The Kier molecular flexibility index (Phi) is 2.26. The van der Waals surface area contributed by atoms with Crippen molar-refractivity contribution in [3.63, 3.8) is 0 Å². The van der Waals surface area contributed by atoms with E-state index in [1.807, 2.05) is 36.4 Å². The van der Waals surface area contributed by atoms with Crippen molar-refractivity contribution in [1.29, 1.82) is 0 Å². The number of carbonyl (C=O) groups excluding carboxylic acids is 2. The van der Waals surface area contributed by atoms with Crippen molar-refractivity contribution in [3.8, 4) is 5.75 Å². The summed E-state index contributed by atoms with van der Waals surface area (Å²) < 4.78 is 6.28. The second-order valence-electron chi connectivity index (χ2n) is 6.90. The summed E-state index contributed by atoms with van der Waals surface area (Å²) in [5.41, 5.74) is 0.714. The predicted molar refractivity (Wildman–Crippen MR) is 87.0 cm³/mol. The van der Waals surface area contributed by atoms with Crippen molar-refractivity contribution in [2.75, 3.05) is 0 Å². The number of hydrogen-bond acceptors (Lipinski definition) is 3. The zero-order chi connectivity index (χ0) is 16.7. The minimum atomic E-state index is -1.22. The number of ketones is 1. The van der Waals surface area contributed by atoms with Crippen molar-refractivity contribution < 1.29 is 14.3 Å². The maximum absolute atomic E-state index is 13.3. The van der Waals surface area contributed by atoms with Crippen LogP contribution in [-0.4, -0.2) is 11.8 Å². The van der Waals surface area contributed by atoms with Gasteiger partial charge in [0.05, 0.1) is 0 Å². The van der Waals surface area contributed by atoms with Crippen LogP contribution >= 0.6 is 0 Å². The first-order valence-corrected chi connectivity index (χ1v) is 8.08. The highest BCUT2D eigenvalue weighted by atomic mass is 16.5. The zero-order valence-corrected chi connectivity index (χ0v) is 13.3. The average Bonchev–Trinajstić information content (AvgIpc) is 3.07. The van der Waals surface area contributed by atoms with Gasteiger partial charge in [-0.1, -0.05) is 50.2 Å². The first-order chi connectivity index (χ1) is 11.5. The zero-order valence-electron chi connectivity index (χ0n) is 13.3. The van der Waals surface area contributed by atoms with E-state index in [9.17, 15) is 9.59 Å². The maximum atomic E-state index is 13.3. The second-order valence-corrected chi connectivity index (χ2v) is 6.90. The number of nitrogens with one attached hydrogen (secondary N) is 2. The Morgan fingerprint density at radius 3 is 2.58 bits per heavy atom. The Labute approximate surface area is 139 Å². The Morgan fingerprint density at radius 2 is 1.79 bits per heavy atom. The van der Waals surface area contributed by atoms with Crippen LogP contribution in [0.4, 0.5) is 4.79 Å². The molecule has 0 radical (unpaired) electrons. The van der Waals surface area contributed by atoms with Crippen molar-refractivity contribution in [3.05, 3.63) is 64.7 Å². The minimum Gasteiger partial charge on any atom is -0.460 e. The van der Waals surface area contributed by atoms with Crippen molar-refractivity contribution >= 4 is 11.8 Å². The fourth-order valence-corrected chi connectivity index (χ4v) is 4.21. The largest absolute Gasteiger partial charge is 0.460 e. The van der Waals surface area contributed by atoms with Crippen LogP contribution in [0, 0.1) is 0 Å². The van der Waals surface area contributed by atoms with Crippen LogP contribution < -0.4 is 15.4 Å². The molecule has 2 aliphatic heterocycles. The summed E-state index contributed by atoms with van der Waals surface area (Å²) in [7, 11) is 0. The van der Waals surface area contributed by atoms with Gasteiger partial charge in [-0.3, -0.25) is 10.1 Å². The van der Waals surface area contributed by atoms with Gasteiger partial charge in [0.2, 0.25) is 5.72 Å². The van der Waals surface area contributed by atoms with Gasteiger partial charge in [0.15, 0.2) is 11.3 Å². The Bertz CT molecular complexity index is 936. The summed E-state index contributed by atoms with van der Waals surface area (Å²) in [6, 6.07) is 12.8. The molecular weight excluding hydrogens is 304 g/mol. The standard InChI is InChI=1S/C19H16N2O3/c1-10(2)11-7-8-14-15(9-11)24-19-13-6-4-3-5-12(13)16(22)18(14,19)20-17(23)21-19/h3-10H,1-2H3,(H2,20,21,23)/t18-,19-/m0/s1. The number of Topliss-reactive ketones (excluding diaryl/α,β-unsaturated/α-hetero) is 1. The van der Waals surface area contributed by atoms with Crippen molar-refractivity contribution in [2.45, 2.75) is 31.0 Å². The van der Waals surface area contributed by atoms with Crippen LogP contribution in [0.25, 0.3) is 0 Å². The van der Waals surface area contributed by atoms with Gasteiger partial charge in [-0.05, 0) is 17.5 Å². The van der Waals surface area contributed by atoms with E-state index in [4.69, 9.17) is 4.74 Å². The molecule has 5 heteroatoms. The summed E-state index contributed by atoms with van der Waals surface area (Å²) in [5, 5.41) is 5.73. The van der Waals surface area contributed by atoms with Gasteiger partial charge in [0, 0.05) is 16.7 Å². The average molecular weight is 320 g/mol. The molecule has 1 saturated heterocycles. The van der Waals surface area contributed by atoms with Gasteiger partial charge in [-0.2, -0.15) is 0 Å². The van der Waals surface area contributed by atoms with E-state index in [1.54, 1.807) is 6.07 Å². The SMILES string of the molecule is CC(C)c1ccc2c(c1)O[C@]13NC(=O)N[C@]21C(=O)c1ccccc13. The van der Waals surface area contributed by atoms with E-state index in [2.05, 4.69) is 24.5 Å². The number of amides is 2. The van der Waals surface area contributed by atoms with Gasteiger partial charge in [-0.25, -0.2) is 4.79 Å². The molecule has 3 aliphatic rings. The van der Waals surface area contributed by atoms with E-state index >= 15 is 0 Å². The van der Waals surface area contributed by atoms with E-state index in [0.29, 0.717) is 28.4 Å². The summed E-state index contributed by atoms with van der Waals surface area (Å²) >= 11 is 0. The molecule has 1 fully saturated rings. The Hall–Kier alpha value is -2.82. The van der Waals surface area contributed by atoms with Crippen LogP contribution in [0.1, 0.15) is 46.8 Å². The van der Waals surface area contributed by atoms with E-state index in [1.165, 1.54) is 0 Å². The molecule has 0 unspecified atom stereocenters. The van der Waals surface area contributed by atoms with Gasteiger partial charge < -0.3 is 10.1 Å². The molecule has 2 amide bonds. The number of ether oxygens (including phenoxy) is 1. The van der Waals surface area contributed by atoms with Gasteiger partial charge in [-0.15, -0.1) is 0 Å². The van der Waals surface area contributed by atoms with Crippen LogP contribution in [0.15, 0.2) is 42.5 Å². The third kappa shape index (κ3) is 1.25. The Morgan fingerprint density at radius 1 is 1.00 bits per heavy atom. The van der Waals surface area contributed by atoms with Gasteiger partial charge in [0.1, 0.15) is 5.75 Å². The molecule has 1 aliphatic carbocycles. The topological polar surface area (TPSA) is 67.4 Å². The molecule has 0 saturated carbocycles. The van der Waals surface area contributed by atoms with Crippen LogP contribution in [0.3, 0.4) is 0 Å². The highest BCUT2D eigenvalue weighted by Gasteiger charge is 2.75. The number of fused-ring (bicyclic) bond motifs is 2. The lowest BCUT2D eigenvalue weighted by Gasteiger charge is -2.29. The number of benzene rings is 2. The summed E-state index contributed by atoms with van der Waals surface area (Å²) in [6.07, 6.45) is 0. The fraction of sp³-hybridized carbons (Fsp3) is 0.263.